The van der Waals surface area contributed by atoms with Gasteiger partial charge in [0.2, 0.25) is 5.82 Å². The molecule has 5 nitrogen and oxygen atoms in total. The van der Waals surface area contributed by atoms with Crippen molar-refractivity contribution in [2.45, 2.75) is 13.8 Å². The molecular formula is C12H11BrN2O3. The van der Waals surface area contributed by atoms with E-state index in [0.717, 1.165) is 21.2 Å². The summed E-state index contributed by atoms with van der Waals surface area (Å²) in [4.78, 5) is 15.2. The number of ether oxygens (including phenoxy) is 1. The Hall–Kier alpha value is -1.69. The summed E-state index contributed by atoms with van der Waals surface area (Å²) in [7, 11) is 1.26. The monoisotopic (exact) mass is 310 g/mol. The average Bonchev–Trinajstić information content (AvgIpc) is 2.84. The number of hydrogen-bond acceptors (Lipinski definition) is 5. The van der Waals surface area contributed by atoms with Crippen LogP contribution in [0.5, 0.6) is 0 Å². The number of carbonyl (C=O) groups excluding carboxylic acids is 1. The largest absolute Gasteiger partial charge is 0.462 e. The maximum absolute atomic E-state index is 11.2. The van der Waals surface area contributed by atoms with E-state index in [-0.39, 0.29) is 5.89 Å². The van der Waals surface area contributed by atoms with Crippen LogP contribution in [0.15, 0.2) is 21.1 Å². The van der Waals surface area contributed by atoms with E-state index in [1.165, 1.54) is 7.11 Å². The normalized spacial score (nSPS) is 10.4. The minimum Gasteiger partial charge on any atom is -0.462 e. The van der Waals surface area contributed by atoms with E-state index in [9.17, 15) is 4.79 Å². The van der Waals surface area contributed by atoms with Gasteiger partial charge in [0.15, 0.2) is 0 Å². The second-order valence-electron chi connectivity index (χ2n) is 3.84. The van der Waals surface area contributed by atoms with Gasteiger partial charge in [0, 0.05) is 10.0 Å². The van der Waals surface area contributed by atoms with Gasteiger partial charge in [0.1, 0.15) is 0 Å². The molecule has 0 aliphatic carbocycles. The fourth-order valence-corrected chi connectivity index (χ4v) is 1.81. The van der Waals surface area contributed by atoms with Gasteiger partial charge in [-0.3, -0.25) is 0 Å². The number of hydrogen-bond donors (Lipinski definition) is 0. The van der Waals surface area contributed by atoms with Crippen LogP contribution in [-0.4, -0.2) is 23.2 Å². The highest BCUT2D eigenvalue weighted by Gasteiger charge is 2.17. The molecular weight excluding hydrogens is 300 g/mol. The van der Waals surface area contributed by atoms with Crippen molar-refractivity contribution in [3.05, 3.63) is 33.6 Å². The molecule has 2 aromatic rings. The molecule has 0 spiro atoms. The molecule has 0 unspecified atom stereocenters. The number of aromatic nitrogens is 2. The lowest BCUT2D eigenvalue weighted by molar-refractivity contribution is 0.0545. The van der Waals surface area contributed by atoms with Gasteiger partial charge in [0.05, 0.1) is 7.11 Å². The molecule has 2 rings (SSSR count). The van der Waals surface area contributed by atoms with Crippen molar-refractivity contribution >= 4 is 21.9 Å². The number of carbonyl (C=O) groups is 1. The number of benzene rings is 1. The molecule has 6 heteroatoms. The van der Waals surface area contributed by atoms with E-state index >= 15 is 0 Å². The van der Waals surface area contributed by atoms with Gasteiger partial charge in [-0.15, -0.1) is 0 Å². The summed E-state index contributed by atoms with van der Waals surface area (Å²) in [6.45, 7) is 3.95. The highest BCUT2D eigenvalue weighted by Crippen LogP contribution is 2.27. The summed E-state index contributed by atoms with van der Waals surface area (Å²) in [5.41, 5.74) is 2.93. The summed E-state index contributed by atoms with van der Waals surface area (Å²) in [6, 6.07) is 3.84. The Kier molecular flexibility index (Phi) is 3.47. The van der Waals surface area contributed by atoms with E-state index in [1.54, 1.807) is 0 Å². The van der Waals surface area contributed by atoms with Crippen LogP contribution in [0.25, 0.3) is 11.4 Å². The maximum Gasteiger partial charge on any atom is 0.397 e. The van der Waals surface area contributed by atoms with Gasteiger partial charge >= 0.3 is 11.9 Å². The van der Waals surface area contributed by atoms with Crippen molar-refractivity contribution in [3.8, 4) is 11.4 Å². The first kappa shape index (κ1) is 12.8. The highest BCUT2D eigenvalue weighted by molar-refractivity contribution is 9.10. The fourth-order valence-electron chi connectivity index (χ4n) is 1.59. The van der Waals surface area contributed by atoms with Crippen molar-refractivity contribution in [1.29, 1.82) is 0 Å². The molecule has 0 saturated carbocycles. The molecule has 0 fully saturated rings. The summed E-state index contributed by atoms with van der Waals surface area (Å²) in [6.07, 6.45) is 0. The van der Waals surface area contributed by atoms with Crippen LogP contribution in [0.4, 0.5) is 0 Å². The van der Waals surface area contributed by atoms with Crippen LogP contribution in [0.3, 0.4) is 0 Å². The molecule has 0 atom stereocenters. The predicted octanol–water partition coefficient (Wildman–Crippen LogP) is 2.90. The quantitative estimate of drug-likeness (QED) is 0.798. The standard InChI is InChI=1S/C12H11BrN2O3/c1-6-4-8(5-7(2)9(6)13)10-14-11(18-15-10)12(16)17-3/h4-5H,1-3H3. The van der Waals surface area contributed by atoms with Crippen LogP contribution >= 0.6 is 15.9 Å². The molecule has 0 saturated heterocycles. The van der Waals surface area contributed by atoms with Crippen LogP contribution in [0, 0.1) is 13.8 Å². The molecule has 1 aromatic heterocycles. The summed E-state index contributed by atoms with van der Waals surface area (Å²) >= 11 is 3.49. The molecule has 94 valence electrons. The van der Waals surface area contributed by atoms with Crippen LogP contribution < -0.4 is 0 Å². The molecule has 0 amide bonds. The minimum atomic E-state index is -0.640. The number of aryl methyl sites for hydroxylation is 2. The van der Waals surface area contributed by atoms with Gasteiger partial charge in [0.25, 0.3) is 0 Å². The molecule has 1 aromatic carbocycles. The van der Waals surface area contributed by atoms with E-state index in [2.05, 4.69) is 30.8 Å². The second-order valence-corrected chi connectivity index (χ2v) is 4.63. The number of esters is 1. The summed E-state index contributed by atoms with van der Waals surface area (Å²) < 4.78 is 10.4. The molecule has 0 N–H and O–H groups in total. The van der Waals surface area contributed by atoms with Crippen molar-refractivity contribution < 1.29 is 14.1 Å². The predicted molar refractivity (Wildman–Crippen MR) is 68.2 cm³/mol. The Morgan fingerprint density at radius 3 is 2.50 bits per heavy atom. The molecule has 0 radical (unpaired) electrons. The van der Waals surface area contributed by atoms with Crippen molar-refractivity contribution in [3.63, 3.8) is 0 Å². The lowest BCUT2D eigenvalue weighted by atomic mass is 10.1. The van der Waals surface area contributed by atoms with Crippen LogP contribution in [-0.2, 0) is 4.74 Å². The van der Waals surface area contributed by atoms with E-state index in [0.29, 0.717) is 5.82 Å². The van der Waals surface area contributed by atoms with Gasteiger partial charge in [-0.05, 0) is 37.1 Å². The minimum absolute atomic E-state index is 0.147. The SMILES string of the molecule is COC(=O)c1nc(-c2cc(C)c(Br)c(C)c2)no1. The van der Waals surface area contributed by atoms with Gasteiger partial charge < -0.3 is 9.26 Å². The van der Waals surface area contributed by atoms with Crippen molar-refractivity contribution in [1.82, 2.24) is 10.1 Å². The number of methoxy groups -OCH3 is 1. The van der Waals surface area contributed by atoms with Crippen molar-refractivity contribution in [2.24, 2.45) is 0 Å². The number of halogens is 1. The molecule has 0 aliphatic heterocycles. The Balaban J connectivity index is 2.43. The molecule has 0 bridgehead atoms. The zero-order chi connectivity index (χ0) is 13.3. The Bertz CT molecular complexity index is 584. The summed E-state index contributed by atoms with van der Waals surface area (Å²) in [5, 5.41) is 3.77. The fraction of sp³-hybridized carbons (Fsp3) is 0.250. The number of rotatable bonds is 2. The van der Waals surface area contributed by atoms with Crippen molar-refractivity contribution in [2.75, 3.05) is 7.11 Å². The zero-order valence-corrected chi connectivity index (χ0v) is 11.7. The molecule has 18 heavy (non-hydrogen) atoms. The highest BCUT2D eigenvalue weighted by atomic mass is 79.9. The van der Waals surface area contributed by atoms with E-state index in [4.69, 9.17) is 4.52 Å². The first-order valence-electron chi connectivity index (χ1n) is 5.22. The Labute approximate surface area is 112 Å². The number of nitrogens with zero attached hydrogens (tertiary/aromatic N) is 2. The average molecular weight is 311 g/mol. The first-order chi connectivity index (χ1) is 8.52. The summed E-state index contributed by atoms with van der Waals surface area (Å²) in [5.74, 6) is -0.417. The zero-order valence-electron chi connectivity index (χ0n) is 10.2. The third kappa shape index (κ3) is 2.28. The molecule has 1 heterocycles. The van der Waals surface area contributed by atoms with E-state index in [1.807, 2.05) is 26.0 Å². The Morgan fingerprint density at radius 2 is 1.94 bits per heavy atom. The molecule has 0 aliphatic rings. The third-order valence-electron chi connectivity index (χ3n) is 2.48. The van der Waals surface area contributed by atoms with Gasteiger partial charge in [-0.25, -0.2) is 4.79 Å². The Morgan fingerprint density at radius 1 is 1.33 bits per heavy atom. The topological polar surface area (TPSA) is 65.2 Å². The lowest BCUT2D eigenvalue weighted by Gasteiger charge is -2.04. The smallest absolute Gasteiger partial charge is 0.397 e. The van der Waals surface area contributed by atoms with Gasteiger partial charge in [-0.1, -0.05) is 21.1 Å². The van der Waals surface area contributed by atoms with E-state index < -0.39 is 5.97 Å². The lowest BCUT2D eigenvalue weighted by Crippen LogP contribution is -2.01. The van der Waals surface area contributed by atoms with Crippen LogP contribution in [0.1, 0.15) is 21.8 Å². The van der Waals surface area contributed by atoms with Gasteiger partial charge in [-0.2, -0.15) is 4.98 Å². The second kappa shape index (κ2) is 4.89. The third-order valence-corrected chi connectivity index (χ3v) is 3.73. The van der Waals surface area contributed by atoms with Crippen LogP contribution in [0.2, 0.25) is 0 Å². The first-order valence-corrected chi connectivity index (χ1v) is 6.01. The maximum atomic E-state index is 11.2.